The molecule has 14 heteroatoms. The first kappa shape index (κ1) is 28.7. The Labute approximate surface area is 240 Å². The number of carbonyl (C=O) groups is 1. The number of ether oxygens (including phenoxy) is 2. The van der Waals surface area contributed by atoms with Gasteiger partial charge in [0.05, 0.1) is 25.5 Å². The van der Waals surface area contributed by atoms with Gasteiger partial charge in [-0.2, -0.15) is 13.2 Å². The SMILES string of the molecule is COc1cc(-c2nnc3n2CCCC3(OCc2cc(F)ccc2Br)C(=O)NCC(F)(F)F)ccc1-c1cnc(C)o1. The van der Waals surface area contributed by atoms with Crippen molar-refractivity contribution in [2.75, 3.05) is 13.7 Å². The lowest BCUT2D eigenvalue weighted by molar-refractivity contribution is -0.164. The summed E-state index contributed by atoms with van der Waals surface area (Å²) in [7, 11) is 1.50. The number of nitrogens with zero attached hydrogens (tertiary/aromatic N) is 4. The lowest BCUT2D eigenvalue weighted by atomic mass is 9.91. The van der Waals surface area contributed by atoms with Gasteiger partial charge in [-0.05, 0) is 48.7 Å². The number of halogens is 5. The number of hydrogen-bond acceptors (Lipinski definition) is 7. The number of nitrogens with one attached hydrogen (secondary N) is 1. The van der Waals surface area contributed by atoms with Gasteiger partial charge in [0.1, 0.15) is 18.1 Å². The number of amides is 1. The maximum Gasteiger partial charge on any atom is 0.405 e. The van der Waals surface area contributed by atoms with Crippen LogP contribution in [0.2, 0.25) is 0 Å². The molecule has 41 heavy (non-hydrogen) atoms. The van der Waals surface area contributed by atoms with Crippen molar-refractivity contribution in [2.45, 2.75) is 44.7 Å². The number of carbonyl (C=O) groups excluding carboxylic acids is 1. The van der Waals surface area contributed by atoms with E-state index in [2.05, 4.69) is 31.1 Å². The summed E-state index contributed by atoms with van der Waals surface area (Å²) in [6.45, 7) is 0.268. The fourth-order valence-electron chi connectivity index (χ4n) is 4.74. The van der Waals surface area contributed by atoms with E-state index in [1.54, 1.807) is 35.9 Å². The van der Waals surface area contributed by atoms with Crippen LogP contribution in [0.15, 0.2) is 51.5 Å². The van der Waals surface area contributed by atoms with E-state index in [1.165, 1.54) is 25.3 Å². The number of benzene rings is 2. The standard InChI is InChI=1S/C27H24BrF4N5O4/c1-15-33-12-22(41-15)19-6-4-16(11-21(19)39-2)23-35-36-24-26(8-3-9-37(23)24,25(38)34-14-27(30,31)32)40-13-17-10-18(29)5-7-20(17)28/h4-7,10-12H,3,8-9,13-14H2,1-2H3,(H,34,38). The first-order valence-electron chi connectivity index (χ1n) is 12.5. The van der Waals surface area contributed by atoms with Crippen LogP contribution in [-0.4, -0.2) is 45.5 Å². The van der Waals surface area contributed by atoms with Gasteiger partial charge in [-0.25, -0.2) is 9.37 Å². The third-order valence-electron chi connectivity index (χ3n) is 6.67. The highest BCUT2D eigenvalue weighted by Crippen LogP contribution is 2.40. The highest BCUT2D eigenvalue weighted by Gasteiger charge is 2.49. The molecule has 1 aliphatic heterocycles. The zero-order valence-corrected chi connectivity index (χ0v) is 23.5. The molecule has 1 N–H and O–H groups in total. The molecule has 1 aliphatic rings. The predicted octanol–water partition coefficient (Wildman–Crippen LogP) is 5.70. The van der Waals surface area contributed by atoms with E-state index in [1.807, 2.05) is 5.32 Å². The van der Waals surface area contributed by atoms with E-state index in [-0.39, 0.29) is 18.9 Å². The van der Waals surface area contributed by atoms with Gasteiger partial charge in [0, 0.05) is 23.5 Å². The molecule has 0 spiro atoms. The van der Waals surface area contributed by atoms with Gasteiger partial charge in [-0.3, -0.25) is 4.79 Å². The smallest absolute Gasteiger partial charge is 0.405 e. The van der Waals surface area contributed by atoms with Crippen LogP contribution in [0.4, 0.5) is 17.6 Å². The maximum absolute atomic E-state index is 13.9. The van der Waals surface area contributed by atoms with Gasteiger partial charge < -0.3 is 23.8 Å². The Morgan fingerprint density at radius 2 is 2.02 bits per heavy atom. The van der Waals surface area contributed by atoms with Crippen molar-refractivity contribution >= 4 is 21.8 Å². The van der Waals surface area contributed by atoms with Gasteiger partial charge in [-0.1, -0.05) is 22.0 Å². The van der Waals surface area contributed by atoms with Crippen molar-refractivity contribution in [1.82, 2.24) is 25.1 Å². The topological polar surface area (TPSA) is 104 Å². The second-order valence-corrected chi connectivity index (χ2v) is 10.3. The number of rotatable bonds is 8. The summed E-state index contributed by atoms with van der Waals surface area (Å²) in [6, 6.07) is 9.18. The van der Waals surface area contributed by atoms with Gasteiger partial charge in [0.2, 0.25) is 5.60 Å². The number of aryl methyl sites for hydroxylation is 1. The van der Waals surface area contributed by atoms with Crippen LogP contribution in [0.25, 0.3) is 22.7 Å². The van der Waals surface area contributed by atoms with Crippen LogP contribution >= 0.6 is 15.9 Å². The largest absolute Gasteiger partial charge is 0.496 e. The van der Waals surface area contributed by atoms with Crippen LogP contribution in [0, 0.1) is 12.7 Å². The number of fused-ring (bicyclic) bond motifs is 1. The van der Waals surface area contributed by atoms with E-state index in [9.17, 15) is 22.4 Å². The minimum Gasteiger partial charge on any atom is -0.496 e. The zero-order valence-electron chi connectivity index (χ0n) is 21.9. The van der Waals surface area contributed by atoms with Gasteiger partial charge in [0.15, 0.2) is 23.3 Å². The molecule has 0 saturated heterocycles. The molecule has 2 aromatic carbocycles. The average Bonchev–Trinajstić information content (AvgIpc) is 3.58. The highest BCUT2D eigenvalue weighted by atomic mass is 79.9. The van der Waals surface area contributed by atoms with E-state index in [0.29, 0.717) is 57.4 Å². The van der Waals surface area contributed by atoms with Gasteiger partial charge in [-0.15, -0.1) is 10.2 Å². The van der Waals surface area contributed by atoms with Crippen molar-refractivity contribution in [1.29, 1.82) is 0 Å². The average molecular weight is 638 g/mol. The van der Waals surface area contributed by atoms with Crippen LogP contribution in [-0.2, 0) is 28.3 Å². The summed E-state index contributed by atoms with van der Waals surface area (Å²) in [5.74, 6) is 0.314. The van der Waals surface area contributed by atoms with E-state index in [0.717, 1.165) is 0 Å². The quantitative estimate of drug-likeness (QED) is 0.247. The number of alkyl halides is 3. The molecule has 3 heterocycles. The Balaban J connectivity index is 1.54. The van der Waals surface area contributed by atoms with E-state index >= 15 is 0 Å². The van der Waals surface area contributed by atoms with Crippen molar-refractivity contribution in [2.24, 2.45) is 0 Å². The Morgan fingerprint density at radius 1 is 1.22 bits per heavy atom. The van der Waals surface area contributed by atoms with Crippen LogP contribution < -0.4 is 10.1 Å². The second-order valence-electron chi connectivity index (χ2n) is 9.41. The van der Waals surface area contributed by atoms with E-state index in [4.69, 9.17) is 13.9 Å². The number of hydrogen-bond donors (Lipinski definition) is 1. The molecular weight excluding hydrogens is 614 g/mol. The number of aromatic nitrogens is 4. The Bertz CT molecular complexity index is 1590. The Kier molecular flexibility index (Phi) is 7.88. The Hall–Kier alpha value is -3.78. The fourth-order valence-corrected chi connectivity index (χ4v) is 5.10. The van der Waals surface area contributed by atoms with Gasteiger partial charge >= 0.3 is 6.18 Å². The maximum atomic E-state index is 13.9. The predicted molar refractivity (Wildman–Crippen MR) is 141 cm³/mol. The molecule has 0 aliphatic carbocycles. The van der Waals surface area contributed by atoms with Crippen LogP contribution in [0.5, 0.6) is 5.75 Å². The third kappa shape index (κ3) is 5.84. The fraction of sp³-hybridized carbons (Fsp3) is 0.333. The zero-order chi connectivity index (χ0) is 29.4. The van der Waals surface area contributed by atoms with Crippen molar-refractivity contribution in [3.63, 3.8) is 0 Å². The number of oxazole rings is 1. The summed E-state index contributed by atoms with van der Waals surface area (Å²) in [6.07, 6.45) is -2.66. The molecule has 0 fully saturated rings. The molecule has 9 nitrogen and oxygen atoms in total. The molecule has 1 amide bonds. The summed E-state index contributed by atoms with van der Waals surface area (Å²) in [5.41, 5.74) is -0.310. The third-order valence-corrected chi connectivity index (χ3v) is 7.44. The normalized spacial score (nSPS) is 16.9. The van der Waals surface area contributed by atoms with E-state index < -0.39 is 30.0 Å². The summed E-state index contributed by atoms with van der Waals surface area (Å²) in [4.78, 5) is 17.5. The molecule has 1 atom stereocenters. The molecule has 1 unspecified atom stereocenters. The van der Waals surface area contributed by atoms with Crippen LogP contribution in [0.1, 0.15) is 30.1 Å². The first-order chi connectivity index (χ1) is 19.5. The molecule has 0 radical (unpaired) electrons. The number of methoxy groups -OCH3 is 1. The lowest BCUT2D eigenvalue weighted by Gasteiger charge is -2.35. The molecule has 0 bridgehead atoms. The monoisotopic (exact) mass is 637 g/mol. The molecule has 216 valence electrons. The molecular formula is C27H24BrF4N5O4. The summed E-state index contributed by atoms with van der Waals surface area (Å²) in [5, 5.41) is 10.5. The molecule has 2 aromatic heterocycles. The lowest BCUT2D eigenvalue weighted by Crippen LogP contribution is -2.51. The van der Waals surface area contributed by atoms with Crippen LogP contribution in [0.3, 0.4) is 0 Å². The summed E-state index contributed by atoms with van der Waals surface area (Å²) < 4.78 is 72.5. The first-order valence-corrected chi connectivity index (χ1v) is 13.3. The summed E-state index contributed by atoms with van der Waals surface area (Å²) >= 11 is 3.32. The minimum absolute atomic E-state index is 0.0366. The molecule has 4 aromatic rings. The minimum atomic E-state index is -4.64. The Morgan fingerprint density at radius 3 is 2.73 bits per heavy atom. The highest BCUT2D eigenvalue weighted by molar-refractivity contribution is 9.10. The van der Waals surface area contributed by atoms with Crippen molar-refractivity contribution < 1.29 is 36.2 Å². The van der Waals surface area contributed by atoms with Crippen molar-refractivity contribution in [3.05, 3.63) is 70.2 Å². The van der Waals surface area contributed by atoms with Gasteiger partial charge in [0.25, 0.3) is 5.91 Å². The molecule has 5 rings (SSSR count). The van der Waals surface area contributed by atoms with Crippen molar-refractivity contribution in [3.8, 4) is 28.5 Å². The second kappa shape index (κ2) is 11.2. The molecule has 0 saturated carbocycles.